The van der Waals surface area contributed by atoms with E-state index in [2.05, 4.69) is 10.2 Å². The van der Waals surface area contributed by atoms with Gasteiger partial charge in [-0.15, -0.1) is 0 Å². The minimum atomic E-state index is -1.21. The molecule has 0 saturated heterocycles. The molecule has 0 fully saturated rings. The number of aryl methyl sites for hydroxylation is 1. The summed E-state index contributed by atoms with van der Waals surface area (Å²) < 4.78 is 0. The van der Waals surface area contributed by atoms with Gasteiger partial charge in [0, 0.05) is 35.2 Å². The fraction of sp³-hybridized carbons (Fsp3) is 0.0714. The van der Waals surface area contributed by atoms with Gasteiger partial charge in [0.25, 0.3) is 0 Å². The zero-order valence-corrected chi connectivity index (χ0v) is 13.7. The van der Waals surface area contributed by atoms with Crippen LogP contribution in [0.1, 0.15) is 15.9 Å². The molecule has 0 bridgehead atoms. The Morgan fingerprint density at radius 1 is 1.10 bits per heavy atom. The van der Waals surface area contributed by atoms with Crippen molar-refractivity contribution in [2.75, 3.05) is 5.73 Å². The van der Waals surface area contributed by atoms with Gasteiger partial charge >= 0.3 is 5.97 Å². The molecule has 21 heavy (non-hydrogen) atoms. The van der Waals surface area contributed by atoms with Crippen molar-refractivity contribution >= 4 is 52.6 Å². The predicted molar refractivity (Wildman–Crippen MR) is 80.6 cm³/mol. The average Bonchev–Trinajstić information content (AvgIpc) is 2.41. The zero-order chi connectivity index (χ0) is 14.7. The van der Waals surface area contributed by atoms with Crippen LogP contribution in [0.15, 0.2) is 46.6 Å². The summed E-state index contributed by atoms with van der Waals surface area (Å²) in [7, 11) is 0. The third kappa shape index (κ3) is 4.29. The van der Waals surface area contributed by atoms with Crippen molar-refractivity contribution in [1.82, 2.24) is 0 Å². The number of anilines is 1. The maximum atomic E-state index is 11.0. The van der Waals surface area contributed by atoms with Crippen molar-refractivity contribution in [2.45, 2.75) is 6.92 Å². The molecular weight excluding hydrogens is 281 g/mol. The van der Waals surface area contributed by atoms with Crippen molar-refractivity contribution < 1.29 is 15.0 Å². The molecule has 2 aromatic rings. The topological polar surface area (TPSA) is 108 Å². The Kier molecular flexibility index (Phi) is 5.90. The van der Waals surface area contributed by atoms with E-state index < -0.39 is 5.97 Å². The van der Waals surface area contributed by atoms with E-state index in [1.54, 1.807) is 37.3 Å². The second-order valence-electron chi connectivity index (χ2n) is 4.26. The van der Waals surface area contributed by atoms with Crippen LogP contribution >= 0.6 is 0 Å². The Hall–Kier alpha value is -1.89. The number of carboxylic acid groups (broad SMARTS) is 1. The van der Waals surface area contributed by atoms with Crippen LogP contribution in [0.4, 0.5) is 17.1 Å². The molecule has 0 spiro atoms. The van der Waals surface area contributed by atoms with Gasteiger partial charge in [-0.1, -0.05) is 0 Å². The quantitative estimate of drug-likeness (QED) is 0.459. The van der Waals surface area contributed by atoms with Crippen LogP contribution in [0.5, 0.6) is 5.75 Å². The summed E-state index contributed by atoms with van der Waals surface area (Å²) >= 11 is 0. The third-order valence-electron chi connectivity index (χ3n) is 2.69. The summed E-state index contributed by atoms with van der Waals surface area (Å²) in [4.78, 5) is 11.0. The van der Waals surface area contributed by atoms with Gasteiger partial charge in [0.05, 0.1) is 11.4 Å². The average molecular weight is 294 g/mol. The van der Waals surface area contributed by atoms with Crippen LogP contribution in [0.2, 0.25) is 0 Å². The molecule has 6 nitrogen and oxygen atoms in total. The number of carboxylic acids is 1. The molecule has 0 aromatic heterocycles. The maximum absolute atomic E-state index is 11.0. The number of phenols is 1. The molecular formula is C14H13N3NaO3. The molecule has 0 aliphatic carbocycles. The van der Waals surface area contributed by atoms with E-state index in [4.69, 9.17) is 10.8 Å². The number of rotatable bonds is 3. The second kappa shape index (κ2) is 7.21. The van der Waals surface area contributed by atoms with E-state index >= 15 is 0 Å². The Balaban J connectivity index is 0.00000220. The number of aromatic carboxylic acids is 1. The number of nitrogens with two attached hydrogens (primary N) is 1. The van der Waals surface area contributed by atoms with E-state index in [1.807, 2.05) is 0 Å². The third-order valence-corrected chi connectivity index (χ3v) is 2.69. The van der Waals surface area contributed by atoms with Crippen molar-refractivity contribution in [3.63, 3.8) is 0 Å². The van der Waals surface area contributed by atoms with E-state index in [0.29, 0.717) is 22.6 Å². The molecule has 0 unspecified atom stereocenters. The van der Waals surface area contributed by atoms with E-state index in [-0.39, 0.29) is 40.9 Å². The standard InChI is InChI=1S/C14H13N3O3.Na/c1-8-6-11(7-12(13(8)18)14(19)20)17-16-10-4-2-9(15)3-5-10;/h2-7,18H,15H2,1H3,(H,19,20);. The minimum absolute atomic E-state index is 0. The molecule has 0 atom stereocenters. The van der Waals surface area contributed by atoms with Gasteiger partial charge in [0.15, 0.2) is 0 Å². The van der Waals surface area contributed by atoms with Crippen LogP contribution in [0, 0.1) is 6.92 Å². The van der Waals surface area contributed by atoms with Crippen LogP contribution in [-0.4, -0.2) is 45.7 Å². The fourth-order valence-electron chi connectivity index (χ4n) is 1.64. The summed E-state index contributed by atoms with van der Waals surface area (Å²) in [6, 6.07) is 9.61. The molecule has 0 heterocycles. The normalized spacial score (nSPS) is 10.3. The molecule has 7 heteroatoms. The first-order chi connectivity index (χ1) is 9.47. The molecule has 0 aliphatic rings. The second-order valence-corrected chi connectivity index (χ2v) is 4.26. The maximum Gasteiger partial charge on any atom is 0.339 e. The monoisotopic (exact) mass is 294 g/mol. The Morgan fingerprint density at radius 2 is 1.67 bits per heavy atom. The van der Waals surface area contributed by atoms with E-state index in [0.717, 1.165) is 0 Å². The van der Waals surface area contributed by atoms with Crippen LogP contribution in [-0.2, 0) is 0 Å². The summed E-state index contributed by atoms with van der Waals surface area (Å²) in [5, 5.41) is 26.6. The number of benzene rings is 2. The molecule has 1 radical (unpaired) electrons. The van der Waals surface area contributed by atoms with Gasteiger partial charge in [0.2, 0.25) is 0 Å². The van der Waals surface area contributed by atoms with Crippen molar-refractivity contribution in [2.24, 2.45) is 10.2 Å². The van der Waals surface area contributed by atoms with E-state index in [9.17, 15) is 9.90 Å². The molecule has 0 amide bonds. The molecule has 2 aromatic carbocycles. The smallest absolute Gasteiger partial charge is 0.339 e. The summed E-state index contributed by atoms with van der Waals surface area (Å²) in [5.74, 6) is -1.47. The molecule has 4 N–H and O–H groups in total. The van der Waals surface area contributed by atoms with Gasteiger partial charge in [-0.25, -0.2) is 4.79 Å². The van der Waals surface area contributed by atoms with Crippen molar-refractivity contribution in [3.8, 4) is 5.75 Å². The van der Waals surface area contributed by atoms with Gasteiger partial charge in [0.1, 0.15) is 11.3 Å². The van der Waals surface area contributed by atoms with Gasteiger partial charge in [-0.3, -0.25) is 0 Å². The molecule has 103 valence electrons. The van der Waals surface area contributed by atoms with Crippen LogP contribution in [0.3, 0.4) is 0 Å². The van der Waals surface area contributed by atoms with Crippen LogP contribution < -0.4 is 5.73 Å². The van der Waals surface area contributed by atoms with Crippen LogP contribution in [0.25, 0.3) is 0 Å². The first-order valence-corrected chi connectivity index (χ1v) is 5.81. The van der Waals surface area contributed by atoms with E-state index in [1.165, 1.54) is 6.07 Å². The number of aromatic hydroxyl groups is 1. The number of nitrogen functional groups attached to an aromatic ring is 1. The molecule has 0 aliphatic heterocycles. The minimum Gasteiger partial charge on any atom is -0.507 e. The number of nitrogens with zero attached hydrogens (tertiary/aromatic N) is 2. The number of hydrogen-bond acceptors (Lipinski definition) is 5. The summed E-state index contributed by atoms with van der Waals surface area (Å²) in [5.41, 5.74) is 7.37. The van der Waals surface area contributed by atoms with Crippen molar-refractivity contribution in [3.05, 3.63) is 47.5 Å². The Morgan fingerprint density at radius 3 is 2.24 bits per heavy atom. The Labute approximate surface area is 143 Å². The van der Waals surface area contributed by atoms with Gasteiger partial charge in [-0.2, -0.15) is 10.2 Å². The number of azo groups is 1. The number of carbonyl (C=O) groups is 1. The summed E-state index contributed by atoms with van der Waals surface area (Å²) in [6.45, 7) is 1.60. The first kappa shape index (κ1) is 17.2. The fourth-order valence-corrected chi connectivity index (χ4v) is 1.64. The summed E-state index contributed by atoms with van der Waals surface area (Å²) in [6.07, 6.45) is 0. The molecule has 0 saturated carbocycles. The SMILES string of the molecule is Cc1cc(N=Nc2ccc(N)cc2)cc(C(=O)O)c1O.[Na]. The zero-order valence-electron chi connectivity index (χ0n) is 11.7. The first-order valence-electron chi connectivity index (χ1n) is 5.81. The van der Waals surface area contributed by atoms with Gasteiger partial charge < -0.3 is 15.9 Å². The van der Waals surface area contributed by atoms with Crippen molar-refractivity contribution in [1.29, 1.82) is 0 Å². The number of hydrogen-bond donors (Lipinski definition) is 3. The predicted octanol–water partition coefficient (Wildman–Crippen LogP) is 3.02. The molecule has 2 rings (SSSR count). The largest absolute Gasteiger partial charge is 0.507 e. The van der Waals surface area contributed by atoms with Gasteiger partial charge in [-0.05, 0) is 48.9 Å². The Bertz CT molecular complexity index is 685.